The van der Waals surface area contributed by atoms with E-state index in [1.54, 1.807) is 20.2 Å². The smallest absolute Gasteiger partial charge is 0.322 e. The van der Waals surface area contributed by atoms with Crippen LogP contribution in [-0.4, -0.2) is 22.2 Å². The largest absolute Gasteiger partial charge is 0.493 e. The Morgan fingerprint density at radius 3 is 2.63 bits per heavy atom. The number of nitrogens with zero attached hydrogens (tertiary/aromatic N) is 2. The zero-order valence-electron chi connectivity index (χ0n) is 11.2. The Hall–Kier alpha value is -2.14. The Bertz CT molecular complexity index is 585. The minimum absolute atomic E-state index is 0.0834. The van der Waals surface area contributed by atoms with Crippen molar-refractivity contribution in [1.82, 2.24) is 9.97 Å². The molecule has 0 saturated carbocycles. The van der Waals surface area contributed by atoms with Gasteiger partial charge in [-0.15, -0.1) is 0 Å². The maximum absolute atomic E-state index is 9.07. The van der Waals surface area contributed by atoms with E-state index in [-0.39, 0.29) is 12.6 Å². The van der Waals surface area contributed by atoms with Crippen LogP contribution >= 0.6 is 0 Å². The summed E-state index contributed by atoms with van der Waals surface area (Å²) in [6.07, 6.45) is 1.55. The molecular weight excluding hydrogens is 244 g/mol. The standard InChI is InChI=1S/C14H16N2O3/c1-9-4-5-12(13(6-9)18-3)19-14-15-7-11(8-17)10(2)16-14/h4-7,17H,8H2,1-3H3. The number of aliphatic hydroxyl groups excluding tert-OH is 1. The third kappa shape index (κ3) is 3.00. The van der Waals surface area contributed by atoms with Gasteiger partial charge in [0.15, 0.2) is 11.5 Å². The van der Waals surface area contributed by atoms with E-state index in [1.165, 1.54) is 0 Å². The van der Waals surface area contributed by atoms with Gasteiger partial charge in [-0.2, -0.15) is 4.98 Å². The molecule has 5 nitrogen and oxygen atoms in total. The van der Waals surface area contributed by atoms with Crippen molar-refractivity contribution in [2.24, 2.45) is 0 Å². The van der Waals surface area contributed by atoms with Crippen molar-refractivity contribution in [1.29, 1.82) is 0 Å². The van der Waals surface area contributed by atoms with Crippen LogP contribution in [0.1, 0.15) is 16.8 Å². The Kier molecular flexibility index (Phi) is 3.97. The Labute approximate surface area is 111 Å². The van der Waals surface area contributed by atoms with Gasteiger partial charge < -0.3 is 14.6 Å². The zero-order chi connectivity index (χ0) is 13.8. The van der Waals surface area contributed by atoms with Gasteiger partial charge in [-0.25, -0.2) is 4.98 Å². The average Bonchev–Trinajstić information content (AvgIpc) is 2.41. The predicted octanol–water partition coefficient (Wildman–Crippen LogP) is 2.39. The maximum Gasteiger partial charge on any atom is 0.322 e. The van der Waals surface area contributed by atoms with Crippen molar-refractivity contribution in [3.63, 3.8) is 0 Å². The van der Waals surface area contributed by atoms with Gasteiger partial charge in [-0.1, -0.05) is 6.07 Å². The Morgan fingerprint density at radius 2 is 2.00 bits per heavy atom. The van der Waals surface area contributed by atoms with Crippen molar-refractivity contribution >= 4 is 0 Å². The van der Waals surface area contributed by atoms with Gasteiger partial charge in [-0.3, -0.25) is 0 Å². The van der Waals surface area contributed by atoms with Gasteiger partial charge in [0.2, 0.25) is 0 Å². The summed E-state index contributed by atoms with van der Waals surface area (Å²) >= 11 is 0. The summed E-state index contributed by atoms with van der Waals surface area (Å²) in [4.78, 5) is 8.24. The van der Waals surface area contributed by atoms with Gasteiger partial charge in [-0.05, 0) is 31.5 Å². The van der Waals surface area contributed by atoms with Crippen molar-refractivity contribution in [2.45, 2.75) is 20.5 Å². The summed E-state index contributed by atoms with van der Waals surface area (Å²) in [5.74, 6) is 1.19. The minimum Gasteiger partial charge on any atom is -0.493 e. The molecule has 0 aliphatic rings. The highest BCUT2D eigenvalue weighted by molar-refractivity contribution is 5.43. The third-order valence-corrected chi connectivity index (χ3v) is 2.75. The Balaban J connectivity index is 2.28. The number of ether oxygens (including phenoxy) is 2. The van der Waals surface area contributed by atoms with Gasteiger partial charge in [0, 0.05) is 11.8 Å². The van der Waals surface area contributed by atoms with Gasteiger partial charge >= 0.3 is 6.01 Å². The quantitative estimate of drug-likeness (QED) is 0.914. The van der Waals surface area contributed by atoms with Crippen LogP contribution in [0.25, 0.3) is 0 Å². The molecule has 0 saturated heterocycles. The molecule has 0 aliphatic heterocycles. The molecule has 1 aromatic carbocycles. The fourth-order valence-corrected chi connectivity index (χ4v) is 1.63. The topological polar surface area (TPSA) is 64.5 Å². The fourth-order valence-electron chi connectivity index (χ4n) is 1.63. The number of hydrogen-bond acceptors (Lipinski definition) is 5. The summed E-state index contributed by atoms with van der Waals surface area (Å²) in [5, 5.41) is 9.07. The number of hydrogen-bond donors (Lipinski definition) is 1. The first kappa shape index (κ1) is 13.3. The van der Waals surface area contributed by atoms with E-state index in [1.807, 2.05) is 25.1 Å². The second-order valence-corrected chi connectivity index (χ2v) is 4.18. The van der Waals surface area contributed by atoms with E-state index in [2.05, 4.69) is 9.97 Å². The molecule has 1 heterocycles. The number of benzene rings is 1. The number of aryl methyl sites for hydroxylation is 2. The highest BCUT2D eigenvalue weighted by Gasteiger charge is 2.09. The average molecular weight is 260 g/mol. The molecular formula is C14H16N2O3. The second-order valence-electron chi connectivity index (χ2n) is 4.18. The molecule has 0 radical (unpaired) electrons. The van der Waals surface area contributed by atoms with Crippen molar-refractivity contribution in [3.05, 3.63) is 41.2 Å². The van der Waals surface area contributed by atoms with Gasteiger partial charge in [0.25, 0.3) is 0 Å². The summed E-state index contributed by atoms with van der Waals surface area (Å²) in [6, 6.07) is 5.85. The summed E-state index contributed by atoms with van der Waals surface area (Å²) in [6.45, 7) is 3.69. The first-order valence-electron chi connectivity index (χ1n) is 5.90. The fraction of sp³-hybridized carbons (Fsp3) is 0.286. The van der Waals surface area contributed by atoms with Crippen LogP contribution in [0.15, 0.2) is 24.4 Å². The van der Waals surface area contributed by atoms with Crippen molar-refractivity contribution in [2.75, 3.05) is 7.11 Å². The molecule has 0 spiro atoms. The second kappa shape index (κ2) is 5.67. The monoisotopic (exact) mass is 260 g/mol. The molecule has 0 bridgehead atoms. The molecule has 1 N–H and O–H groups in total. The van der Waals surface area contributed by atoms with E-state index in [0.717, 1.165) is 5.56 Å². The van der Waals surface area contributed by atoms with Crippen LogP contribution in [0.5, 0.6) is 17.5 Å². The van der Waals surface area contributed by atoms with Crippen LogP contribution < -0.4 is 9.47 Å². The van der Waals surface area contributed by atoms with Crippen molar-refractivity contribution in [3.8, 4) is 17.5 Å². The maximum atomic E-state index is 9.07. The molecule has 0 atom stereocenters. The number of aromatic nitrogens is 2. The van der Waals surface area contributed by atoms with Gasteiger partial charge in [0.05, 0.1) is 19.4 Å². The van der Waals surface area contributed by atoms with Crippen LogP contribution in [0.4, 0.5) is 0 Å². The molecule has 0 amide bonds. The molecule has 2 aromatic rings. The van der Waals surface area contributed by atoms with E-state index in [0.29, 0.717) is 22.8 Å². The van der Waals surface area contributed by atoms with E-state index in [4.69, 9.17) is 14.6 Å². The lowest BCUT2D eigenvalue weighted by Gasteiger charge is -2.10. The number of rotatable bonds is 4. The molecule has 2 rings (SSSR count). The lowest BCUT2D eigenvalue weighted by Crippen LogP contribution is -1.99. The Morgan fingerprint density at radius 1 is 1.21 bits per heavy atom. The predicted molar refractivity (Wildman–Crippen MR) is 70.5 cm³/mol. The molecule has 0 aliphatic carbocycles. The van der Waals surface area contributed by atoms with E-state index in [9.17, 15) is 0 Å². The molecule has 100 valence electrons. The molecule has 0 fully saturated rings. The minimum atomic E-state index is -0.0834. The molecule has 0 unspecified atom stereocenters. The summed E-state index contributed by atoms with van der Waals surface area (Å²) in [7, 11) is 1.59. The normalized spacial score (nSPS) is 10.3. The highest BCUT2D eigenvalue weighted by Crippen LogP contribution is 2.30. The van der Waals surface area contributed by atoms with Crippen LogP contribution in [0.2, 0.25) is 0 Å². The summed E-state index contributed by atoms with van der Waals surface area (Å²) < 4.78 is 10.9. The number of aliphatic hydroxyl groups is 1. The lowest BCUT2D eigenvalue weighted by atomic mass is 10.2. The molecule has 19 heavy (non-hydrogen) atoms. The summed E-state index contributed by atoms with van der Waals surface area (Å²) in [5.41, 5.74) is 2.46. The number of methoxy groups -OCH3 is 1. The van der Waals surface area contributed by atoms with Crippen LogP contribution in [-0.2, 0) is 6.61 Å². The molecule has 5 heteroatoms. The third-order valence-electron chi connectivity index (χ3n) is 2.75. The molecule has 1 aromatic heterocycles. The first-order chi connectivity index (χ1) is 9.13. The van der Waals surface area contributed by atoms with E-state index < -0.39 is 0 Å². The van der Waals surface area contributed by atoms with E-state index >= 15 is 0 Å². The van der Waals surface area contributed by atoms with Crippen LogP contribution in [0.3, 0.4) is 0 Å². The van der Waals surface area contributed by atoms with Crippen molar-refractivity contribution < 1.29 is 14.6 Å². The zero-order valence-corrected chi connectivity index (χ0v) is 11.2. The SMILES string of the molecule is COc1cc(C)ccc1Oc1ncc(CO)c(C)n1. The van der Waals surface area contributed by atoms with Crippen LogP contribution in [0, 0.1) is 13.8 Å². The lowest BCUT2D eigenvalue weighted by molar-refractivity contribution is 0.279. The van der Waals surface area contributed by atoms with Gasteiger partial charge in [0.1, 0.15) is 0 Å². The first-order valence-corrected chi connectivity index (χ1v) is 5.90. The highest BCUT2D eigenvalue weighted by atomic mass is 16.5.